The van der Waals surface area contributed by atoms with E-state index < -0.39 is 0 Å². The molecule has 0 aromatic rings. The van der Waals surface area contributed by atoms with Gasteiger partial charge in [0.15, 0.2) is 0 Å². The number of carbonyl (C=O) groups excluding carboxylic acids is 1. The highest BCUT2D eigenvalue weighted by Gasteiger charge is 2.31. The Morgan fingerprint density at radius 2 is 2.00 bits per heavy atom. The molecule has 0 unspecified atom stereocenters. The number of rotatable bonds is 5. The fraction of sp³-hybridized carbons (Fsp3) is 0.933. The van der Waals surface area contributed by atoms with Gasteiger partial charge >= 0.3 is 0 Å². The molecule has 2 fully saturated rings. The van der Waals surface area contributed by atoms with E-state index in [9.17, 15) is 4.79 Å². The number of carbonyl (C=O) groups is 1. The van der Waals surface area contributed by atoms with Gasteiger partial charge in [0.2, 0.25) is 5.91 Å². The van der Waals surface area contributed by atoms with E-state index in [4.69, 9.17) is 5.73 Å². The van der Waals surface area contributed by atoms with Gasteiger partial charge in [0.25, 0.3) is 0 Å². The third-order valence-corrected chi connectivity index (χ3v) is 4.90. The molecule has 4 nitrogen and oxygen atoms in total. The zero-order chi connectivity index (χ0) is 13.7. The molecule has 0 aromatic heterocycles. The Labute approximate surface area is 117 Å². The van der Waals surface area contributed by atoms with Gasteiger partial charge in [-0.1, -0.05) is 13.3 Å². The van der Waals surface area contributed by atoms with Crippen molar-refractivity contribution in [1.29, 1.82) is 0 Å². The minimum atomic E-state index is 0.173. The van der Waals surface area contributed by atoms with Crippen molar-refractivity contribution in [3.8, 4) is 0 Å². The Bertz CT molecular complexity index is 287. The van der Waals surface area contributed by atoms with Crippen molar-refractivity contribution in [3.63, 3.8) is 0 Å². The zero-order valence-electron chi connectivity index (χ0n) is 12.2. The highest BCUT2D eigenvalue weighted by molar-refractivity contribution is 5.79. The Balaban J connectivity index is 1.64. The third kappa shape index (κ3) is 4.18. The molecule has 1 aliphatic carbocycles. The molecule has 1 amide bonds. The van der Waals surface area contributed by atoms with Crippen molar-refractivity contribution in [2.45, 2.75) is 39.0 Å². The molecule has 1 heterocycles. The maximum atomic E-state index is 12.1. The van der Waals surface area contributed by atoms with Crippen molar-refractivity contribution in [2.75, 3.05) is 32.7 Å². The minimum Gasteiger partial charge on any atom is -0.355 e. The Hall–Kier alpha value is -0.610. The number of nitrogens with one attached hydrogen (secondary N) is 1. The summed E-state index contributed by atoms with van der Waals surface area (Å²) in [6.45, 7) is 7.14. The molecule has 4 heteroatoms. The Morgan fingerprint density at radius 3 is 2.68 bits per heavy atom. The molecule has 2 atom stereocenters. The van der Waals surface area contributed by atoms with Crippen molar-refractivity contribution >= 4 is 5.91 Å². The summed E-state index contributed by atoms with van der Waals surface area (Å²) < 4.78 is 0. The first-order chi connectivity index (χ1) is 9.20. The summed E-state index contributed by atoms with van der Waals surface area (Å²) in [5.74, 6) is 1.69. The van der Waals surface area contributed by atoms with Crippen LogP contribution in [0.4, 0.5) is 0 Å². The fourth-order valence-corrected chi connectivity index (χ4v) is 3.42. The van der Waals surface area contributed by atoms with Gasteiger partial charge in [0.1, 0.15) is 0 Å². The van der Waals surface area contributed by atoms with Crippen LogP contribution in [0, 0.1) is 17.8 Å². The lowest BCUT2D eigenvalue weighted by atomic mass is 9.95. The SMILES string of the molecule is CC1CCN(CCNC(=O)[C@@H]2CCC[C@@H]2CN)CC1. The molecule has 1 saturated heterocycles. The quantitative estimate of drug-likeness (QED) is 0.787. The van der Waals surface area contributed by atoms with E-state index in [-0.39, 0.29) is 11.8 Å². The van der Waals surface area contributed by atoms with Crippen molar-refractivity contribution < 1.29 is 4.79 Å². The van der Waals surface area contributed by atoms with Gasteiger partial charge in [-0.2, -0.15) is 0 Å². The summed E-state index contributed by atoms with van der Waals surface area (Å²) in [5.41, 5.74) is 5.73. The van der Waals surface area contributed by atoms with Crippen molar-refractivity contribution in [2.24, 2.45) is 23.5 Å². The highest BCUT2D eigenvalue weighted by atomic mass is 16.1. The molecule has 2 rings (SSSR count). The smallest absolute Gasteiger partial charge is 0.223 e. The van der Waals surface area contributed by atoms with E-state index in [1.54, 1.807) is 0 Å². The number of hydrogen-bond acceptors (Lipinski definition) is 3. The minimum absolute atomic E-state index is 0.173. The predicted molar refractivity (Wildman–Crippen MR) is 77.7 cm³/mol. The molecule has 0 aromatic carbocycles. The van der Waals surface area contributed by atoms with Crippen LogP contribution in [0.15, 0.2) is 0 Å². The van der Waals surface area contributed by atoms with E-state index in [0.29, 0.717) is 12.5 Å². The van der Waals surface area contributed by atoms with Crippen molar-refractivity contribution in [1.82, 2.24) is 10.2 Å². The molecule has 3 N–H and O–H groups in total. The van der Waals surface area contributed by atoms with Crippen LogP contribution in [-0.4, -0.2) is 43.5 Å². The maximum absolute atomic E-state index is 12.1. The number of likely N-dealkylation sites (tertiary alicyclic amines) is 1. The summed E-state index contributed by atoms with van der Waals surface area (Å²) in [7, 11) is 0. The summed E-state index contributed by atoms with van der Waals surface area (Å²) in [4.78, 5) is 14.6. The largest absolute Gasteiger partial charge is 0.355 e. The Kier molecular flexibility index (Phi) is 5.64. The summed E-state index contributed by atoms with van der Waals surface area (Å²) >= 11 is 0. The first-order valence-electron chi connectivity index (χ1n) is 7.91. The first kappa shape index (κ1) is 14.8. The summed E-state index contributed by atoms with van der Waals surface area (Å²) in [6, 6.07) is 0. The monoisotopic (exact) mass is 267 g/mol. The number of nitrogens with zero attached hydrogens (tertiary/aromatic N) is 1. The second-order valence-electron chi connectivity index (χ2n) is 6.35. The summed E-state index contributed by atoms with van der Waals surface area (Å²) in [6.07, 6.45) is 5.90. The van der Waals surface area contributed by atoms with E-state index >= 15 is 0 Å². The van der Waals surface area contributed by atoms with Gasteiger partial charge < -0.3 is 16.0 Å². The van der Waals surface area contributed by atoms with Crippen molar-refractivity contribution in [3.05, 3.63) is 0 Å². The average molecular weight is 267 g/mol. The van der Waals surface area contributed by atoms with Crippen LogP contribution in [-0.2, 0) is 4.79 Å². The maximum Gasteiger partial charge on any atom is 0.223 e. The lowest BCUT2D eigenvalue weighted by Gasteiger charge is -2.30. The van der Waals surface area contributed by atoms with Gasteiger partial charge in [-0.3, -0.25) is 4.79 Å². The standard InChI is InChI=1S/C15H29N3O/c1-12-5-8-18(9-6-12)10-7-17-15(19)14-4-2-3-13(14)11-16/h12-14H,2-11,16H2,1H3,(H,17,19)/t13-,14-/m1/s1. The van der Waals surface area contributed by atoms with Crippen LogP contribution < -0.4 is 11.1 Å². The van der Waals surface area contributed by atoms with Gasteiger partial charge in [-0.25, -0.2) is 0 Å². The second kappa shape index (κ2) is 7.25. The molecule has 1 saturated carbocycles. The van der Waals surface area contributed by atoms with E-state index in [2.05, 4.69) is 17.1 Å². The molecular weight excluding hydrogens is 238 g/mol. The fourth-order valence-electron chi connectivity index (χ4n) is 3.42. The highest BCUT2D eigenvalue weighted by Crippen LogP contribution is 2.30. The van der Waals surface area contributed by atoms with Crippen LogP contribution in [0.2, 0.25) is 0 Å². The molecule has 2 aliphatic rings. The number of hydrogen-bond donors (Lipinski definition) is 2. The topological polar surface area (TPSA) is 58.4 Å². The second-order valence-corrected chi connectivity index (χ2v) is 6.35. The predicted octanol–water partition coefficient (Wildman–Crippen LogP) is 1.21. The first-order valence-corrected chi connectivity index (χ1v) is 7.91. The lowest BCUT2D eigenvalue weighted by molar-refractivity contribution is -0.126. The van der Waals surface area contributed by atoms with Crippen LogP contribution in [0.3, 0.4) is 0 Å². The normalized spacial score (nSPS) is 29.6. The van der Waals surface area contributed by atoms with Gasteiger partial charge in [0, 0.05) is 19.0 Å². The third-order valence-electron chi connectivity index (χ3n) is 4.90. The van der Waals surface area contributed by atoms with Gasteiger partial charge in [-0.05, 0) is 57.2 Å². The number of amides is 1. The van der Waals surface area contributed by atoms with E-state index in [1.807, 2.05) is 0 Å². The van der Waals surface area contributed by atoms with E-state index in [1.165, 1.54) is 25.9 Å². The molecule has 0 spiro atoms. The average Bonchev–Trinajstić information content (AvgIpc) is 2.89. The zero-order valence-corrected chi connectivity index (χ0v) is 12.2. The number of nitrogens with two attached hydrogens (primary N) is 1. The van der Waals surface area contributed by atoms with Crippen LogP contribution >= 0.6 is 0 Å². The van der Waals surface area contributed by atoms with Gasteiger partial charge in [-0.15, -0.1) is 0 Å². The van der Waals surface area contributed by atoms with Crippen LogP contribution in [0.1, 0.15) is 39.0 Å². The molecule has 19 heavy (non-hydrogen) atoms. The van der Waals surface area contributed by atoms with E-state index in [0.717, 1.165) is 38.3 Å². The Morgan fingerprint density at radius 1 is 1.26 bits per heavy atom. The molecular formula is C15H29N3O. The number of piperidine rings is 1. The van der Waals surface area contributed by atoms with Crippen LogP contribution in [0.5, 0.6) is 0 Å². The molecule has 0 bridgehead atoms. The molecule has 0 radical (unpaired) electrons. The molecule has 110 valence electrons. The lowest BCUT2D eigenvalue weighted by Crippen LogP contribution is -2.41. The summed E-state index contributed by atoms with van der Waals surface area (Å²) in [5, 5.41) is 3.11. The molecule has 1 aliphatic heterocycles. The van der Waals surface area contributed by atoms with Gasteiger partial charge in [0.05, 0.1) is 0 Å². The van der Waals surface area contributed by atoms with Crippen LogP contribution in [0.25, 0.3) is 0 Å².